The van der Waals surface area contributed by atoms with E-state index in [1.807, 2.05) is 0 Å². The second-order valence-corrected chi connectivity index (χ2v) is 8.44. The summed E-state index contributed by atoms with van der Waals surface area (Å²) in [5, 5.41) is 2.24. The Hall–Kier alpha value is -2.66. The Kier molecular flexibility index (Phi) is 8.02. The van der Waals surface area contributed by atoms with Gasteiger partial charge < -0.3 is 20.7 Å². The van der Waals surface area contributed by atoms with Crippen molar-refractivity contribution >= 4 is 29.1 Å². The lowest BCUT2D eigenvalue weighted by atomic mass is 9.95. The summed E-state index contributed by atoms with van der Waals surface area (Å²) >= 11 is 0. The smallest absolute Gasteiger partial charge is 0.253 e. The van der Waals surface area contributed by atoms with E-state index < -0.39 is 42.1 Å². The molecule has 1 aromatic carbocycles. The molecule has 0 aromatic heterocycles. The summed E-state index contributed by atoms with van der Waals surface area (Å²) in [5.74, 6) is -3.34. The van der Waals surface area contributed by atoms with Crippen molar-refractivity contribution in [1.29, 1.82) is 0 Å². The summed E-state index contributed by atoms with van der Waals surface area (Å²) in [6.45, 7) is 4.85. The highest BCUT2D eigenvalue weighted by Crippen LogP contribution is 2.24. The number of nitrogens with two attached hydrogens (primary N) is 1. The van der Waals surface area contributed by atoms with Crippen LogP contribution in [0, 0.1) is 11.2 Å². The van der Waals surface area contributed by atoms with Gasteiger partial charge in [-0.15, -0.1) is 0 Å². The third-order valence-electron chi connectivity index (χ3n) is 4.44. The van der Waals surface area contributed by atoms with Gasteiger partial charge in [-0.2, -0.15) is 0 Å². The summed E-state index contributed by atoms with van der Waals surface area (Å²) in [5.41, 5.74) is 4.82. The van der Waals surface area contributed by atoms with Crippen molar-refractivity contribution in [1.82, 2.24) is 4.90 Å². The normalized spacial score (nSPS) is 16.0. The maximum absolute atomic E-state index is 14.6. The largest absolute Gasteiger partial charge is 0.370 e. The van der Waals surface area contributed by atoms with Crippen molar-refractivity contribution in [2.75, 3.05) is 43.1 Å². The van der Waals surface area contributed by atoms with Crippen molar-refractivity contribution in [3.05, 3.63) is 24.0 Å². The van der Waals surface area contributed by atoms with Crippen LogP contribution < -0.4 is 16.0 Å². The molecule has 3 N–H and O–H groups in total. The standard InChI is InChI=1S/C20H27F3N4O4/c1-20(2,3)11-26(9-15(22)23)17(18(24)29)19(30)25-14-5-4-12(8-13(14)21)27-6-7-31-10-16(27)28/h4-5,8,15,17H,6-7,9-11H2,1-3H3,(H2,24,29)(H,25,30)/t17-/m0/s1. The van der Waals surface area contributed by atoms with Crippen LogP contribution in [-0.4, -0.2) is 67.9 Å². The lowest BCUT2D eigenvalue weighted by Gasteiger charge is -2.33. The van der Waals surface area contributed by atoms with Crippen molar-refractivity contribution in [2.24, 2.45) is 11.1 Å². The van der Waals surface area contributed by atoms with Crippen LogP contribution in [0.2, 0.25) is 0 Å². The molecule has 0 spiro atoms. The zero-order chi connectivity index (χ0) is 23.3. The molecule has 2 rings (SSSR count). The highest BCUT2D eigenvalue weighted by molar-refractivity contribution is 6.09. The second-order valence-electron chi connectivity index (χ2n) is 8.44. The minimum Gasteiger partial charge on any atom is -0.370 e. The van der Waals surface area contributed by atoms with Crippen LogP contribution in [0.25, 0.3) is 0 Å². The molecule has 11 heteroatoms. The van der Waals surface area contributed by atoms with E-state index in [-0.39, 0.29) is 37.0 Å². The average molecular weight is 444 g/mol. The number of amides is 3. The molecule has 1 aliphatic heterocycles. The van der Waals surface area contributed by atoms with Gasteiger partial charge in [-0.25, -0.2) is 13.2 Å². The average Bonchev–Trinajstić information content (AvgIpc) is 2.61. The Bertz CT molecular complexity index is 829. The predicted octanol–water partition coefficient (Wildman–Crippen LogP) is 1.59. The van der Waals surface area contributed by atoms with E-state index in [0.29, 0.717) is 6.61 Å². The fraction of sp³-hybridized carbons (Fsp3) is 0.550. The van der Waals surface area contributed by atoms with Crippen molar-refractivity contribution < 1.29 is 32.3 Å². The summed E-state index contributed by atoms with van der Waals surface area (Å²) in [7, 11) is 0. The topological polar surface area (TPSA) is 105 Å². The number of nitrogens with one attached hydrogen (secondary N) is 1. The Balaban J connectivity index is 2.23. The number of carbonyl (C=O) groups excluding carboxylic acids is 3. The Morgan fingerprint density at radius 1 is 1.32 bits per heavy atom. The highest BCUT2D eigenvalue weighted by Gasteiger charge is 2.35. The number of morpholine rings is 1. The van der Waals surface area contributed by atoms with Crippen LogP contribution in [0.4, 0.5) is 24.5 Å². The molecule has 1 aliphatic rings. The summed E-state index contributed by atoms with van der Waals surface area (Å²) in [6, 6.07) is 2.00. The number of primary amides is 1. The number of halogens is 3. The molecule has 1 atom stereocenters. The Morgan fingerprint density at radius 3 is 2.52 bits per heavy atom. The van der Waals surface area contributed by atoms with Gasteiger partial charge in [0.1, 0.15) is 12.4 Å². The molecule has 1 saturated heterocycles. The first kappa shape index (κ1) is 24.6. The highest BCUT2D eigenvalue weighted by atomic mass is 19.3. The number of rotatable bonds is 8. The molecule has 8 nitrogen and oxygen atoms in total. The molecule has 1 aromatic rings. The molecular formula is C20H27F3N4O4. The number of carbonyl (C=O) groups is 3. The van der Waals surface area contributed by atoms with Gasteiger partial charge in [-0.05, 0) is 23.6 Å². The maximum atomic E-state index is 14.6. The monoisotopic (exact) mass is 444 g/mol. The Labute approximate surface area is 178 Å². The SMILES string of the molecule is CC(C)(C)CN(CC(F)F)[C@@H](C(N)=O)C(=O)Nc1ccc(N2CCOCC2=O)cc1F. The molecular weight excluding hydrogens is 417 g/mol. The molecule has 31 heavy (non-hydrogen) atoms. The number of anilines is 2. The third kappa shape index (κ3) is 6.93. The van der Waals surface area contributed by atoms with Crippen LogP contribution in [0.3, 0.4) is 0 Å². The maximum Gasteiger partial charge on any atom is 0.253 e. The number of hydrogen-bond donors (Lipinski definition) is 2. The third-order valence-corrected chi connectivity index (χ3v) is 4.44. The van der Waals surface area contributed by atoms with Crippen molar-refractivity contribution in [3.8, 4) is 0 Å². The fourth-order valence-corrected chi connectivity index (χ4v) is 3.29. The first-order valence-corrected chi connectivity index (χ1v) is 9.69. The minimum atomic E-state index is -2.81. The number of hydrogen-bond acceptors (Lipinski definition) is 5. The molecule has 3 amide bonds. The van der Waals surface area contributed by atoms with Gasteiger partial charge in [-0.1, -0.05) is 20.8 Å². The van der Waals surface area contributed by atoms with E-state index in [4.69, 9.17) is 10.5 Å². The second kappa shape index (κ2) is 10.1. The molecule has 1 fully saturated rings. The van der Waals surface area contributed by atoms with Gasteiger partial charge in [-0.3, -0.25) is 19.3 Å². The van der Waals surface area contributed by atoms with Gasteiger partial charge in [0.25, 0.3) is 18.2 Å². The zero-order valence-electron chi connectivity index (χ0n) is 17.7. The van der Waals surface area contributed by atoms with Gasteiger partial charge in [0, 0.05) is 18.8 Å². The number of benzene rings is 1. The minimum absolute atomic E-state index is 0.0150. The summed E-state index contributed by atoms with van der Waals surface area (Å²) in [4.78, 5) is 38.9. The van der Waals surface area contributed by atoms with E-state index in [0.717, 1.165) is 11.0 Å². The number of alkyl halides is 2. The van der Waals surface area contributed by atoms with Crippen molar-refractivity contribution in [3.63, 3.8) is 0 Å². The number of ether oxygens (including phenoxy) is 1. The molecule has 0 unspecified atom stereocenters. The Morgan fingerprint density at radius 2 is 2.00 bits per heavy atom. The lowest BCUT2D eigenvalue weighted by Crippen LogP contribution is -2.55. The first-order valence-electron chi connectivity index (χ1n) is 9.69. The number of nitrogens with zero attached hydrogens (tertiary/aromatic N) is 2. The van der Waals surface area contributed by atoms with Crippen LogP contribution in [0.15, 0.2) is 18.2 Å². The molecule has 172 valence electrons. The molecule has 0 bridgehead atoms. The molecule has 0 radical (unpaired) electrons. The van der Waals surface area contributed by atoms with Crippen LogP contribution in [0.5, 0.6) is 0 Å². The van der Waals surface area contributed by atoms with Crippen molar-refractivity contribution in [2.45, 2.75) is 33.2 Å². The summed E-state index contributed by atoms with van der Waals surface area (Å²) in [6.07, 6.45) is -2.81. The zero-order valence-corrected chi connectivity index (χ0v) is 17.7. The van der Waals surface area contributed by atoms with E-state index in [1.165, 1.54) is 17.0 Å². The van der Waals surface area contributed by atoms with Crippen LogP contribution >= 0.6 is 0 Å². The van der Waals surface area contributed by atoms with Crippen LogP contribution in [0.1, 0.15) is 20.8 Å². The van der Waals surface area contributed by atoms with Gasteiger partial charge in [0.2, 0.25) is 5.91 Å². The van der Waals surface area contributed by atoms with E-state index >= 15 is 0 Å². The predicted molar refractivity (Wildman–Crippen MR) is 108 cm³/mol. The fourth-order valence-electron chi connectivity index (χ4n) is 3.29. The lowest BCUT2D eigenvalue weighted by molar-refractivity contribution is -0.134. The van der Waals surface area contributed by atoms with E-state index in [9.17, 15) is 27.6 Å². The molecule has 0 saturated carbocycles. The summed E-state index contributed by atoms with van der Waals surface area (Å²) < 4.78 is 45.8. The van der Waals surface area contributed by atoms with E-state index in [2.05, 4.69) is 5.32 Å². The van der Waals surface area contributed by atoms with Gasteiger partial charge in [0.15, 0.2) is 6.04 Å². The molecule has 0 aliphatic carbocycles. The van der Waals surface area contributed by atoms with E-state index in [1.54, 1.807) is 20.8 Å². The quantitative estimate of drug-likeness (QED) is 0.593. The first-order chi connectivity index (χ1) is 14.4. The van der Waals surface area contributed by atoms with Gasteiger partial charge >= 0.3 is 0 Å². The molecule has 1 heterocycles. The van der Waals surface area contributed by atoms with Crippen LogP contribution in [-0.2, 0) is 19.1 Å². The van der Waals surface area contributed by atoms with Gasteiger partial charge in [0.05, 0.1) is 18.8 Å².